The highest BCUT2D eigenvalue weighted by Gasteiger charge is 2.21. The minimum absolute atomic E-state index is 0.853. The lowest BCUT2D eigenvalue weighted by Gasteiger charge is -2.04. The molecule has 0 spiro atoms. The lowest BCUT2D eigenvalue weighted by molar-refractivity contribution is 0.663. The third-order valence-corrected chi connectivity index (χ3v) is 7.47. The number of hydrogen-bond donors (Lipinski definition) is 0. The van der Waals surface area contributed by atoms with Gasteiger partial charge in [-0.2, -0.15) is 0 Å². The fourth-order valence-corrected chi connectivity index (χ4v) is 5.62. The maximum absolute atomic E-state index is 6.60. The molecule has 8 rings (SSSR count). The molecule has 178 valence electrons. The van der Waals surface area contributed by atoms with Crippen molar-refractivity contribution in [2.45, 2.75) is 0 Å². The van der Waals surface area contributed by atoms with Gasteiger partial charge in [0.2, 0.25) is 0 Å². The Kier molecular flexibility index (Phi) is 4.55. The molecular formula is C36H22O2. The van der Waals surface area contributed by atoms with Crippen LogP contribution >= 0.6 is 0 Å². The predicted octanol–water partition coefficient (Wildman–Crippen LogP) is 10.5. The molecule has 2 heterocycles. The average Bonchev–Trinajstić information content (AvgIpc) is 3.55. The second kappa shape index (κ2) is 8.22. The van der Waals surface area contributed by atoms with Crippen LogP contribution in [0.15, 0.2) is 142 Å². The molecule has 2 heteroatoms. The Hall–Kier alpha value is -5.08. The molecule has 0 radical (unpaired) electrons. The van der Waals surface area contributed by atoms with Crippen molar-refractivity contribution in [3.63, 3.8) is 0 Å². The van der Waals surface area contributed by atoms with Gasteiger partial charge in [-0.15, -0.1) is 0 Å². The van der Waals surface area contributed by atoms with Gasteiger partial charge in [0.15, 0.2) is 0 Å². The summed E-state index contributed by atoms with van der Waals surface area (Å²) in [6.45, 7) is 0. The maximum atomic E-state index is 6.60. The number of furan rings is 2. The van der Waals surface area contributed by atoms with E-state index in [1.807, 2.05) is 18.2 Å². The molecule has 0 saturated heterocycles. The molecule has 0 fully saturated rings. The summed E-state index contributed by atoms with van der Waals surface area (Å²) in [4.78, 5) is 0. The fourth-order valence-electron chi connectivity index (χ4n) is 5.62. The van der Waals surface area contributed by atoms with Crippen LogP contribution in [0.3, 0.4) is 0 Å². The molecular weight excluding hydrogens is 464 g/mol. The van der Waals surface area contributed by atoms with Gasteiger partial charge in [-0.05, 0) is 58.1 Å². The zero-order valence-corrected chi connectivity index (χ0v) is 20.5. The molecule has 6 aromatic carbocycles. The first-order valence-corrected chi connectivity index (χ1v) is 12.9. The van der Waals surface area contributed by atoms with Crippen LogP contribution in [-0.2, 0) is 0 Å². The van der Waals surface area contributed by atoms with Gasteiger partial charge in [0, 0.05) is 21.7 Å². The lowest BCUT2D eigenvalue weighted by atomic mass is 9.97. The third kappa shape index (κ3) is 3.21. The van der Waals surface area contributed by atoms with Crippen molar-refractivity contribution < 1.29 is 8.83 Å². The molecule has 0 aliphatic carbocycles. The molecule has 0 aliphatic rings. The Balaban J connectivity index is 1.49. The number of hydrogen-bond acceptors (Lipinski definition) is 2. The van der Waals surface area contributed by atoms with Crippen molar-refractivity contribution in [1.82, 2.24) is 0 Å². The summed E-state index contributed by atoms with van der Waals surface area (Å²) in [6, 6.07) is 46.6. The minimum atomic E-state index is 0.853. The smallest absolute Gasteiger partial charge is 0.147 e. The molecule has 0 unspecified atom stereocenters. The summed E-state index contributed by atoms with van der Waals surface area (Å²) in [5.41, 5.74) is 10.3. The molecule has 0 bridgehead atoms. The van der Waals surface area contributed by atoms with E-state index < -0.39 is 0 Å². The Bertz CT molecular complexity index is 2100. The van der Waals surface area contributed by atoms with E-state index in [-0.39, 0.29) is 0 Å². The molecule has 0 saturated carbocycles. The average molecular weight is 487 g/mol. The topological polar surface area (TPSA) is 26.3 Å². The molecule has 0 aliphatic heterocycles. The minimum Gasteiger partial charge on any atom is -0.455 e. The second-order valence-electron chi connectivity index (χ2n) is 9.73. The molecule has 0 N–H and O–H groups in total. The Morgan fingerprint density at radius 3 is 1.45 bits per heavy atom. The summed E-state index contributed by atoms with van der Waals surface area (Å²) < 4.78 is 13.2. The Labute approximate surface area is 219 Å². The van der Waals surface area contributed by atoms with E-state index in [2.05, 4.69) is 115 Å². The predicted molar refractivity (Wildman–Crippen MR) is 157 cm³/mol. The van der Waals surface area contributed by atoms with Crippen molar-refractivity contribution in [1.29, 1.82) is 0 Å². The van der Waals surface area contributed by atoms with E-state index in [1.54, 1.807) is 0 Å². The number of fused-ring (bicyclic) bond motifs is 7. The molecule has 0 atom stereocenters. The standard InChI is InChI=1S/C36H22O2/c1-4-10-23(11-5-1)26-16-18-32-29(20-26)30-22-28(25-14-8-3-9-15-25)35-34(36(30)37-32)31-21-27(17-19-33(31)38-35)24-12-6-2-7-13-24/h1-22H. The highest BCUT2D eigenvalue weighted by Crippen LogP contribution is 2.45. The van der Waals surface area contributed by atoms with Crippen LogP contribution in [0.25, 0.3) is 77.3 Å². The summed E-state index contributed by atoms with van der Waals surface area (Å²) in [7, 11) is 0. The Morgan fingerprint density at radius 1 is 0.342 bits per heavy atom. The zero-order valence-electron chi connectivity index (χ0n) is 20.5. The van der Waals surface area contributed by atoms with Gasteiger partial charge < -0.3 is 8.83 Å². The van der Waals surface area contributed by atoms with Gasteiger partial charge in [-0.25, -0.2) is 0 Å². The van der Waals surface area contributed by atoms with Crippen molar-refractivity contribution in [3.05, 3.63) is 133 Å². The summed E-state index contributed by atoms with van der Waals surface area (Å²) in [5, 5.41) is 4.28. The largest absolute Gasteiger partial charge is 0.455 e. The monoisotopic (exact) mass is 486 g/mol. The van der Waals surface area contributed by atoms with E-state index in [4.69, 9.17) is 8.83 Å². The van der Waals surface area contributed by atoms with Gasteiger partial charge in [0.1, 0.15) is 22.3 Å². The normalized spacial score (nSPS) is 11.7. The Morgan fingerprint density at radius 2 is 0.842 bits per heavy atom. The molecule has 2 nitrogen and oxygen atoms in total. The van der Waals surface area contributed by atoms with Gasteiger partial charge in [-0.1, -0.05) is 103 Å². The van der Waals surface area contributed by atoms with Gasteiger partial charge in [-0.3, -0.25) is 0 Å². The maximum Gasteiger partial charge on any atom is 0.147 e. The zero-order chi connectivity index (χ0) is 25.1. The summed E-state index contributed by atoms with van der Waals surface area (Å²) in [6.07, 6.45) is 0. The van der Waals surface area contributed by atoms with Gasteiger partial charge >= 0.3 is 0 Å². The van der Waals surface area contributed by atoms with Crippen LogP contribution in [0.4, 0.5) is 0 Å². The van der Waals surface area contributed by atoms with Crippen LogP contribution in [0.5, 0.6) is 0 Å². The van der Waals surface area contributed by atoms with Crippen LogP contribution < -0.4 is 0 Å². The van der Waals surface area contributed by atoms with E-state index in [0.717, 1.165) is 60.6 Å². The van der Waals surface area contributed by atoms with E-state index in [0.29, 0.717) is 0 Å². The molecule has 0 amide bonds. The van der Waals surface area contributed by atoms with Crippen molar-refractivity contribution >= 4 is 43.9 Å². The van der Waals surface area contributed by atoms with Gasteiger partial charge in [0.25, 0.3) is 0 Å². The lowest BCUT2D eigenvalue weighted by Crippen LogP contribution is -1.81. The van der Waals surface area contributed by atoms with E-state index >= 15 is 0 Å². The SMILES string of the molecule is c1ccc(-c2ccc3oc4c(cc(-c5ccccc5)c5oc6ccc(-c7ccccc7)cc6c54)c3c2)cc1. The van der Waals surface area contributed by atoms with Crippen LogP contribution in [0.2, 0.25) is 0 Å². The van der Waals surface area contributed by atoms with E-state index in [9.17, 15) is 0 Å². The molecule has 38 heavy (non-hydrogen) atoms. The second-order valence-corrected chi connectivity index (χ2v) is 9.73. The van der Waals surface area contributed by atoms with Crippen LogP contribution in [0, 0.1) is 0 Å². The quantitative estimate of drug-likeness (QED) is 0.248. The molecule has 2 aromatic heterocycles. The van der Waals surface area contributed by atoms with Crippen molar-refractivity contribution in [2.75, 3.05) is 0 Å². The van der Waals surface area contributed by atoms with Gasteiger partial charge in [0.05, 0.1) is 5.39 Å². The highest BCUT2D eigenvalue weighted by molar-refractivity contribution is 6.25. The third-order valence-electron chi connectivity index (χ3n) is 7.47. The summed E-state index contributed by atoms with van der Waals surface area (Å²) in [5.74, 6) is 0. The first-order chi connectivity index (χ1) is 18.8. The molecule has 8 aromatic rings. The van der Waals surface area contributed by atoms with Crippen LogP contribution in [-0.4, -0.2) is 0 Å². The number of rotatable bonds is 3. The first kappa shape index (κ1) is 21.0. The van der Waals surface area contributed by atoms with Crippen molar-refractivity contribution in [3.8, 4) is 33.4 Å². The highest BCUT2D eigenvalue weighted by atomic mass is 16.3. The van der Waals surface area contributed by atoms with Crippen LogP contribution in [0.1, 0.15) is 0 Å². The van der Waals surface area contributed by atoms with Crippen molar-refractivity contribution in [2.24, 2.45) is 0 Å². The van der Waals surface area contributed by atoms with E-state index in [1.165, 1.54) is 16.7 Å². The fraction of sp³-hybridized carbons (Fsp3) is 0. The first-order valence-electron chi connectivity index (χ1n) is 12.9. The number of benzene rings is 6. The summed E-state index contributed by atoms with van der Waals surface area (Å²) >= 11 is 0.